The van der Waals surface area contributed by atoms with Crippen molar-refractivity contribution >= 4 is 23.1 Å². The molecule has 4 rings (SSSR count). The number of nitrogen functional groups attached to an aromatic ring is 1. The number of benzene rings is 2. The molecule has 2 aromatic carbocycles. The summed E-state index contributed by atoms with van der Waals surface area (Å²) in [5.41, 5.74) is 8.10. The van der Waals surface area contributed by atoms with E-state index in [-0.39, 0.29) is 23.0 Å². The van der Waals surface area contributed by atoms with E-state index in [2.05, 4.69) is 15.0 Å². The van der Waals surface area contributed by atoms with Gasteiger partial charge in [0, 0.05) is 36.1 Å². The number of hydrogen-bond acceptors (Lipinski definition) is 7. The van der Waals surface area contributed by atoms with E-state index >= 15 is 0 Å². The minimum atomic E-state index is -2.67. The van der Waals surface area contributed by atoms with Crippen molar-refractivity contribution in [3.05, 3.63) is 70.5 Å². The highest BCUT2D eigenvalue weighted by molar-refractivity contribution is 5.89. The topological polar surface area (TPSA) is 116 Å². The number of aliphatic imine (C=N–C) groups is 1. The Morgan fingerprint density at radius 1 is 1.15 bits per heavy atom. The molecule has 168 valence electrons. The van der Waals surface area contributed by atoms with Crippen LogP contribution in [0.15, 0.2) is 64.4 Å². The Hall–Kier alpha value is -4.34. The Balaban J connectivity index is 1.98. The molecule has 4 aromatic rings. The number of phenols is 1. The molecule has 0 aliphatic rings. The van der Waals surface area contributed by atoms with E-state index < -0.39 is 18.6 Å². The molecule has 10 heteroatoms. The van der Waals surface area contributed by atoms with E-state index in [4.69, 9.17) is 10.5 Å². The van der Waals surface area contributed by atoms with Crippen LogP contribution in [-0.2, 0) is 0 Å². The molecular formula is C23H19F2N5O3. The molecule has 3 N–H and O–H groups in total. The first-order chi connectivity index (χ1) is 15.9. The molecule has 0 radical (unpaired) electrons. The van der Waals surface area contributed by atoms with Crippen LogP contribution in [0.2, 0.25) is 0 Å². The molecule has 33 heavy (non-hydrogen) atoms. The second-order valence-corrected chi connectivity index (χ2v) is 7.04. The molecular weight excluding hydrogens is 432 g/mol. The monoisotopic (exact) mass is 451 g/mol. The molecule has 0 aliphatic carbocycles. The first kappa shape index (κ1) is 21.9. The van der Waals surface area contributed by atoms with Gasteiger partial charge in [-0.05, 0) is 42.5 Å². The highest BCUT2D eigenvalue weighted by atomic mass is 19.3. The lowest BCUT2D eigenvalue weighted by Gasteiger charge is -2.14. The molecule has 0 spiro atoms. The van der Waals surface area contributed by atoms with Crippen LogP contribution in [0.4, 0.5) is 14.5 Å². The molecule has 2 heterocycles. The summed E-state index contributed by atoms with van der Waals surface area (Å²) in [5, 5.41) is 9.66. The fraction of sp³-hybridized carbons (Fsp3) is 0.130. The van der Waals surface area contributed by atoms with E-state index in [1.165, 1.54) is 41.0 Å². The van der Waals surface area contributed by atoms with Crippen LogP contribution >= 0.6 is 0 Å². The summed E-state index contributed by atoms with van der Waals surface area (Å²) < 4.78 is 31.5. The van der Waals surface area contributed by atoms with Crippen molar-refractivity contribution in [3.8, 4) is 28.6 Å². The number of phenolic OH excluding ortho intramolecular Hbond substituents is 1. The van der Waals surface area contributed by atoms with Gasteiger partial charge < -0.3 is 15.6 Å². The number of pyridine rings is 1. The maximum atomic E-state index is 13.6. The highest BCUT2D eigenvalue weighted by Gasteiger charge is 2.17. The first-order valence-electron chi connectivity index (χ1n) is 9.83. The molecule has 2 aromatic heterocycles. The van der Waals surface area contributed by atoms with Gasteiger partial charge in [0.15, 0.2) is 12.3 Å². The minimum Gasteiger partial charge on any atom is -0.508 e. The fourth-order valence-corrected chi connectivity index (χ4v) is 3.28. The number of ether oxygens (including phenoxy) is 1. The van der Waals surface area contributed by atoms with Crippen LogP contribution in [-0.4, -0.2) is 45.9 Å². The van der Waals surface area contributed by atoms with Crippen molar-refractivity contribution in [3.63, 3.8) is 0 Å². The molecule has 0 saturated heterocycles. The third-order valence-corrected chi connectivity index (χ3v) is 4.77. The van der Waals surface area contributed by atoms with E-state index in [9.17, 15) is 18.7 Å². The van der Waals surface area contributed by atoms with Crippen LogP contribution in [0.25, 0.3) is 28.1 Å². The van der Waals surface area contributed by atoms with Gasteiger partial charge in [-0.2, -0.15) is 4.98 Å². The van der Waals surface area contributed by atoms with Gasteiger partial charge in [-0.1, -0.05) is 6.07 Å². The molecule has 0 atom stereocenters. The van der Waals surface area contributed by atoms with E-state index in [0.717, 1.165) is 0 Å². The van der Waals surface area contributed by atoms with Crippen molar-refractivity contribution in [2.75, 3.05) is 19.4 Å². The summed E-state index contributed by atoms with van der Waals surface area (Å²) in [7, 11) is 1.61. The van der Waals surface area contributed by atoms with Crippen molar-refractivity contribution in [2.45, 2.75) is 6.43 Å². The highest BCUT2D eigenvalue weighted by Crippen LogP contribution is 2.24. The van der Waals surface area contributed by atoms with Gasteiger partial charge in [0.1, 0.15) is 17.0 Å². The van der Waals surface area contributed by atoms with E-state index in [1.807, 2.05) is 0 Å². The lowest BCUT2D eigenvalue weighted by atomic mass is 10.1. The van der Waals surface area contributed by atoms with Gasteiger partial charge in [-0.25, -0.2) is 13.8 Å². The van der Waals surface area contributed by atoms with Crippen molar-refractivity contribution in [1.82, 2.24) is 14.5 Å². The number of alkyl halides is 2. The Morgan fingerprint density at radius 3 is 2.61 bits per heavy atom. The largest absolute Gasteiger partial charge is 0.508 e. The SMILES string of the molecule is CN=Cc1cc(-c2nc3ccc(OCC(F)F)nc3n(-c3ccc(O)cc3)c2=O)ccc1N. The zero-order valence-electron chi connectivity index (χ0n) is 17.4. The standard InChI is InChI=1S/C23H19F2N5O3/c1-27-11-14-10-13(2-7-17(14)26)21-23(32)30(15-3-5-16(31)6-4-15)22-18(28-21)8-9-20(29-22)33-12-19(24)25/h2-11,19,31H,12,26H2,1H3. The quantitative estimate of drug-likeness (QED) is 0.343. The first-order valence-corrected chi connectivity index (χ1v) is 9.83. The Morgan fingerprint density at radius 2 is 1.91 bits per heavy atom. The summed E-state index contributed by atoms with van der Waals surface area (Å²) >= 11 is 0. The lowest BCUT2D eigenvalue weighted by Crippen LogP contribution is -2.23. The van der Waals surface area contributed by atoms with Crippen LogP contribution in [0.5, 0.6) is 11.6 Å². The van der Waals surface area contributed by atoms with Gasteiger partial charge in [0.25, 0.3) is 12.0 Å². The minimum absolute atomic E-state index is 0.0151. The van der Waals surface area contributed by atoms with Gasteiger partial charge in [-0.15, -0.1) is 0 Å². The summed E-state index contributed by atoms with van der Waals surface area (Å²) in [6.07, 6.45) is -1.10. The lowest BCUT2D eigenvalue weighted by molar-refractivity contribution is 0.0797. The number of fused-ring (bicyclic) bond motifs is 1. The maximum absolute atomic E-state index is 13.6. The molecule has 0 bridgehead atoms. The molecule has 0 amide bonds. The fourth-order valence-electron chi connectivity index (χ4n) is 3.28. The predicted molar refractivity (Wildman–Crippen MR) is 122 cm³/mol. The van der Waals surface area contributed by atoms with E-state index in [1.54, 1.807) is 31.5 Å². The number of aromatic nitrogens is 3. The average Bonchev–Trinajstić information content (AvgIpc) is 2.80. The number of halogens is 2. The second-order valence-electron chi connectivity index (χ2n) is 7.04. The van der Waals surface area contributed by atoms with Crippen molar-refractivity contribution in [1.29, 1.82) is 0 Å². The molecule has 0 aliphatic heterocycles. The molecule has 0 saturated carbocycles. The van der Waals surface area contributed by atoms with Crippen molar-refractivity contribution in [2.24, 2.45) is 4.99 Å². The third-order valence-electron chi connectivity index (χ3n) is 4.77. The Bertz CT molecular complexity index is 1400. The molecule has 0 fully saturated rings. The second kappa shape index (κ2) is 9.03. The van der Waals surface area contributed by atoms with Crippen LogP contribution in [0.1, 0.15) is 5.56 Å². The van der Waals surface area contributed by atoms with Gasteiger partial charge in [-0.3, -0.25) is 14.4 Å². The van der Waals surface area contributed by atoms with Gasteiger partial charge in [0.2, 0.25) is 5.88 Å². The van der Waals surface area contributed by atoms with Gasteiger partial charge in [0.05, 0.1) is 5.69 Å². The summed E-state index contributed by atoms with van der Waals surface area (Å²) in [4.78, 5) is 26.3. The van der Waals surface area contributed by atoms with Crippen LogP contribution in [0.3, 0.4) is 0 Å². The zero-order valence-corrected chi connectivity index (χ0v) is 17.4. The maximum Gasteiger partial charge on any atom is 0.283 e. The summed E-state index contributed by atoms with van der Waals surface area (Å²) in [6.45, 7) is -0.833. The van der Waals surface area contributed by atoms with Crippen LogP contribution in [0, 0.1) is 0 Å². The van der Waals surface area contributed by atoms with Gasteiger partial charge >= 0.3 is 0 Å². The smallest absolute Gasteiger partial charge is 0.283 e. The Labute approximate surface area is 186 Å². The number of rotatable bonds is 6. The number of nitrogens with two attached hydrogens (primary N) is 1. The zero-order chi connectivity index (χ0) is 23.5. The summed E-state index contributed by atoms with van der Waals surface area (Å²) in [6, 6.07) is 13.9. The summed E-state index contributed by atoms with van der Waals surface area (Å²) in [5.74, 6) is -0.0560. The number of aromatic hydroxyl groups is 1. The number of nitrogens with zero attached hydrogens (tertiary/aromatic N) is 4. The third kappa shape index (κ3) is 4.49. The van der Waals surface area contributed by atoms with Crippen LogP contribution < -0.4 is 16.0 Å². The average molecular weight is 451 g/mol. The normalized spacial score (nSPS) is 11.5. The van der Waals surface area contributed by atoms with Crippen molar-refractivity contribution < 1.29 is 18.6 Å². The predicted octanol–water partition coefficient (Wildman–Crippen LogP) is 3.43. The Kier molecular flexibility index (Phi) is 5.99. The number of hydrogen-bond donors (Lipinski definition) is 2. The van der Waals surface area contributed by atoms with E-state index in [0.29, 0.717) is 28.0 Å². The molecule has 8 nitrogen and oxygen atoms in total. The molecule has 0 unspecified atom stereocenters. The number of anilines is 1.